The molecule has 2 amide bonds. The lowest BCUT2D eigenvalue weighted by atomic mass is 10.1. The molecule has 0 bridgehead atoms. The molecule has 0 aliphatic heterocycles. The molecule has 0 aliphatic rings. The number of aromatic nitrogens is 2. The second-order valence-corrected chi connectivity index (χ2v) is 6.58. The number of benzene rings is 2. The second-order valence-electron chi connectivity index (χ2n) is 6.58. The van der Waals surface area contributed by atoms with Gasteiger partial charge in [0.2, 0.25) is 5.82 Å². The van der Waals surface area contributed by atoms with Crippen LogP contribution < -0.4 is 10.6 Å². The molecule has 6 heteroatoms. The number of carbonyl (C=O) groups is 1. The van der Waals surface area contributed by atoms with Gasteiger partial charge in [0.1, 0.15) is 0 Å². The molecule has 0 saturated heterocycles. The Morgan fingerprint density at radius 2 is 1.92 bits per heavy atom. The Morgan fingerprint density at radius 1 is 1.12 bits per heavy atom. The summed E-state index contributed by atoms with van der Waals surface area (Å²) in [4.78, 5) is 16.4. The van der Waals surface area contributed by atoms with Gasteiger partial charge in [-0.3, -0.25) is 0 Å². The molecule has 1 heterocycles. The SMILES string of the molecule is Cc1ccc(-c2nc(-c3cccc(NC(=O)NC(C)C)c3)no2)c(C)c1. The van der Waals surface area contributed by atoms with Gasteiger partial charge in [-0.25, -0.2) is 4.79 Å². The summed E-state index contributed by atoms with van der Waals surface area (Å²) in [5, 5.41) is 9.67. The predicted molar refractivity (Wildman–Crippen MR) is 102 cm³/mol. The first kappa shape index (κ1) is 17.7. The Labute approximate surface area is 152 Å². The first-order valence-corrected chi connectivity index (χ1v) is 8.51. The van der Waals surface area contributed by atoms with E-state index in [-0.39, 0.29) is 12.1 Å². The standard InChI is InChI=1S/C20H22N4O2/c1-12(2)21-20(25)22-16-7-5-6-15(11-16)18-23-19(26-24-18)17-9-8-13(3)10-14(17)4/h5-12H,1-4H3,(H2,21,22,25). The van der Waals surface area contributed by atoms with Crippen molar-refractivity contribution in [3.8, 4) is 22.8 Å². The van der Waals surface area contributed by atoms with E-state index in [0.717, 1.165) is 16.7 Å². The second kappa shape index (κ2) is 7.39. The first-order chi connectivity index (χ1) is 12.4. The fourth-order valence-electron chi connectivity index (χ4n) is 2.67. The number of anilines is 1. The first-order valence-electron chi connectivity index (χ1n) is 8.51. The van der Waals surface area contributed by atoms with E-state index in [9.17, 15) is 4.79 Å². The summed E-state index contributed by atoms with van der Waals surface area (Å²) in [5.74, 6) is 0.960. The van der Waals surface area contributed by atoms with Crippen molar-refractivity contribution in [1.29, 1.82) is 0 Å². The van der Waals surface area contributed by atoms with E-state index in [1.165, 1.54) is 5.56 Å². The molecule has 0 radical (unpaired) electrons. The Balaban J connectivity index is 1.83. The van der Waals surface area contributed by atoms with Gasteiger partial charge in [-0.15, -0.1) is 0 Å². The van der Waals surface area contributed by atoms with Crippen LogP contribution in [0.2, 0.25) is 0 Å². The Morgan fingerprint density at radius 3 is 2.65 bits per heavy atom. The van der Waals surface area contributed by atoms with Crippen LogP contribution in [-0.2, 0) is 0 Å². The van der Waals surface area contributed by atoms with Crippen LogP contribution in [-0.4, -0.2) is 22.2 Å². The van der Waals surface area contributed by atoms with Gasteiger partial charge < -0.3 is 15.2 Å². The number of carbonyl (C=O) groups excluding carboxylic acids is 1. The molecule has 0 spiro atoms. The summed E-state index contributed by atoms with van der Waals surface area (Å²) in [6.45, 7) is 7.88. The lowest BCUT2D eigenvalue weighted by Crippen LogP contribution is -2.34. The number of hydrogen-bond donors (Lipinski definition) is 2. The molecular weight excluding hydrogens is 328 g/mol. The molecule has 3 rings (SSSR count). The highest BCUT2D eigenvalue weighted by atomic mass is 16.5. The minimum Gasteiger partial charge on any atom is -0.336 e. The molecule has 2 aromatic carbocycles. The molecular formula is C20H22N4O2. The van der Waals surface area contributed by atoms with Crippen LogP contribution in [0.1, 0.15) is 25.0 Å². The highest BCUT2D eigenvalue weighted by Gasteiger charge is 2.13. The summed E-state index contributed by atoms with van der Waals surface area (Å²) >= 11 is 0. The van der Waals surface area contributed by atoms with Crippen LogP contribution in [0.15, 0.2) is 47.0 Å². The summed E-state index contributed by atoms with van der Waals surface area (Å²) in [6.07, 6.45) is 0. The molecule has 134 valence electrons. The van der Waals surface area contributed by atoms with Crippen molar-refractivity contribution in [2.24, 2.45) is 0 Å². The Hall–Kier alpha value is -3.15. The highest BCUT2D eigenvalue weighted by molar-refractivity contribution is 5.90. The van der Waals surface area contributed by atoms with E-state index in [1.807, 2.05) is 64.1 Å². The lowest BCUT2D eigenvalue weighted by molar-refractivity contribution is 0.250. The van der Waals surface area contributed by atoms with Crippen molar-refractivity contribution in [3.05, 3.63) is 53.6 Å². The third-order valence-electron chi connectivity index (χ3n) is 3.84. The van der Waals surface area contributed by atoms with E-state index in [0.29, 0.717) is 17.4 Å². The normalized spacial score (nSPS) is 10.8. The molecule has 26 heavy (non-hydrogen) atoms. The van der Waals surface area contributed by atoms with Crippen molar-refractivity contribution in [2.75, 3.05) is 5.32 Å². The van der Waals surface area contributed by atoms with Gasteiger partial charge in [0.15, 0.2) is 0 Å². The predicted octanol–water partition coefficient (Wildman–Crippen LogP) is 4.55. The van der Waals surface area contributed by atoms with Crippen LogP contribution in [0, 0.1) is 13.8 Å². The molecule has 0 aliphatic carbocycles. The van der Waals surface area contributed by atoms with E-state index in [2.05, 4.69) is 26.8 Å². The maximum absolute atomic E-state index is 11.9. The molecule has 3 aromatic rings. The number of nitrogens with zero attached hydrogens (tertiary/aromatic N) is 2. The lowest BCUT2D eigenvalue weighted by Gasteiger charge is -2.10. The quantitative estimate of drug-likeness (QED) is 0.723. The van der Waals surface area contributed by atoms with Gasteiger partial charge in [-0.1, -0.05) is 35.0 Å². The van der Waals surface area contributed by atoms with Crippen molar-refractivity contribution in [2.45, 2.75) is 33.7 Å². The average molecular weight is 350 g/mol. The van der Waals surface area contributed by atoms with Crippen LogP contribution in [0.3, 0.4) is 0 Å². The Bertz CT molecular complexity index is 931. The molecule has 1 aromatic heterocycles. The van der Waals surface area contributed by atoms with Gasteiger partial charge in [-0.05, 0) is 51.5 Å². The van der Waals surface area contributed by atoms with Gasteiger partial charge in [0.05, 0.1) is 0 Å². The van der Waals surface area contributed by atoms with Crippen LogP contribution >= 0.6 is 0 Å². The molecule has 2 N–H and O–H groups in total. The van der Waals surface area contributed by atoms with E-state index in [1.54, 1.807) is 0 Å². The summed E-state index contributed by atoms with van der Waals surface area (Å²) in [6, 6.07) is 13.2. The zero-order valence-corrected chi connectivity index (χ0v) is 15.3. The number of nitrogens with one attached hydrogen (secondary N) is 2. The smallest absolute Gasteiger partial charge is 0.319 e. The largest absolute Gasteiger partial charge is 0.336 e. The number of amides is 2. The van der Waals surface area contributed by atoms with Crippen LogP contribution in [0.25, 0.3) is 22.8 Å². The number of aryl methyl sites for hydroxylation is 2. The van der Waals surface area contributed by atoms with Crippen molar-refractivity contribution in [1.82, 2.24) is 15.5 Å². The average Bonchev–Trinajstić information content (AvgIpc) is 3.04. The Kier molecular flexibility index (Phi) is 5.02. The topological polar surface area (TPSA) is 80.0 Å². The fourth-order valence-corrected chi connectivity index (χ4v) is 2.67. The minimum absolute atomic E-state index is 0.0655. The van der Waals surface area contributed by atoms with E-state index >= 15 is 0 Å². The van der Waals surface area contributed by atoms with Crippen molar-refractivity contribution >= 4 is 11.7 Å². The summed E-state index contributed by atoms with van der Waals surface area (Å²) in [5.41, 5.74) is 4.62. The van der Waals surface area contributed by atoms with Gasteiger partial charge in [-0.2, -0.15) is 4.98 Å². The maximum Gasteiger partial charge on any atom is 0.319 e. The number of urea groups is 1. The van der Waals surface area contributed by atoms with Crippen molar-refractivity contribution < 1.29 is 9.32 Å². The zero-order valence-electron chi connectivity index (χ0n) is 15.3. The van der Waals surface area contributed by atoms with Gasteiger partial charge in [0, 0.05) is 22.9 Å². The van der Waals surface area contributed by atoms with E-state index in [4.69, 9.17) is 4.52 Å². The van der Waals surface area contributed by atoms with Gasteiger partial charge >= 0.3 is 6.03 Å². The highest BCUT2D eigenvalue weighted by Crippen LogP contribution is 2.26. The van der Waals surface area contributed by atoms with Crippen molar-refractivity contribution in [3.63, 3.8) is 0 Å². The molecule has 0 atom stereocenters. The van der Waals surface area contributed by atoms with E-state index < -0.39 is 0 Å². The van der Waals surface area contributed by atoms with Gasteiger partial charge in [0.25, 0.3) is 5.89 Å². The number of hydrogen-bond acceptors (Lipinski definition) is 4. The molecule has 0 unspecified atom stereocenters. The maximum atomic E-state index is 11.9. The summed E-state index contributed by atoms with van der Waals surface area (Å²) in [7, 11) is 0. The zero-order chi connectivity index (χ0) is 18.7. The third-order valence-corrected chi connectivity index (χ3v) is 3.84. The molecule has 6 nitrogen and oxygen atoms in total. The molecule has 0 saturated carbocycles. The number of rotatable bonds is 4. The minimum atomic E-state index is -0.249. The van der Waals surface area contributed by atoms with Crippen LogP contribution in [0.4, 0.5) is 10.5 Å². The fraction of sp³-hybridized carbons (Fsp3) is 0.250. The summed E-state index contributed by atoms with van der Waals surface area (Å²) < 4.78 is 5.44. The monoisotopic (exact) mass is 350 g/mol. The molecule has 0 fully saturated rings. The van der Waals surface area contributed by atoms with Crippen LogP contribution in [0.5, 0.6) is 0 Å². The third kappa shape index (κ3) is 4.08.